The maximum atomic E-state index is 5.93. The standard InChI is InChI=1S/C14H19N3S/c15-11-3-1-10(2-4-11)8-16-12-5-6-13-14(7-12)18-9-17-13/h5-7,9-11,16H,1-4,8,15H2. The largest absolute Gasteiger partial charge is 0.385 e. The van der Waals surface area contributed by atoms with Gasteiger partial charge < -0.3 is 11.1 Å². The van der Waals surface area contributed by atoms with Crippen LogP contribution in [0.15, 0.2) is 23.7 Å². The highest BCUT2D eigenvalue weighted by Gasteiger charge is 2.18. The van der Waals surface area contributed by atoms with Crippen molar-refractivity contribution in [3.63, 3.8) is 0 Å². The van der Waals surface area contributed by atoms with Gasteiger partial charge in [-0.3, -0.25) is 0 Å². The maximum Gasteiger partial charge on any atom is 0.0813 e. The van der Waals surface area contributed by atoms with Crippen molar-refractivity contribution in [3.8, 4) is 0 Å². The summed E-state index contributed by atoms with van der Waals surface area (Å²) in [6.07, 6.45) is 4.88. The molecule has 3 rings (SSSR count). The third kappa shape index (κ3) is 2.65. The maximum absolute atomic E-state index is 5.93. The topological polar surface area (TPSA) is 50.9 Å². The molecule has 0 bridgehead atoms. The lowest BCUT2D eigenvalue weighted by Crippen LogP contribution is -2.29. The minimum Gasteiger partial charge on any atom is -0.385 e. The van der Waals surface area contributed by atoms with E-state index in [-0.39, 0.29) is 0 Å². The lowest BCUT2D eigenvalue weighted by molar-refractivity contribution is 0.339. The van der Waals surface area contributed by atoms with E-state index in [0.717, 1.165) is 18.0 Å². The van der Waals surface area contributed by atoms with Gasteiger partial charge in [0, 0.05) is 18.3 Å². The summed E-state index contributed by atoms with van der Waals surface area (Å²) >= 11 is 1.70. The summed E-state index contributed by atoms with van der Waals surface area (Å²) in [7, 11) is 0. The summed E-state index contributed by atoms with van der Waals surface area (Å²) in [4.78, 5) is 4.29. The van der Waals surface area contributed by atoms with E-state index in [2.05, 4.69) is 28.5 Å². The van der Waals surface area contributed by atoms with Crippen LogP contribution in [-0.2, 0) is 0 Å². The van der Waals surface area contributed by atoms with Gasteiger partial charge in [-0.25, -0.2) is 4.98 Å². The fourth-order valence-corrected chi connectivity index (χ4v) is 3.34. The highest BCUT2D eigenvalue weighted by atomic mass is 32.1. The molecular weight excluding hydrogens is 242 g/mol. The zero-order valence-electron chi connectivity index (χ0n) is 10.4. The summed E-state index contributed by atoms with van der Waals surface area (Å²) in [5.74, 6) is 0.780. The number of aromatic nitrogens is 1. The predicted molar refractivity (Wildman–Crippen MR) is 78.0 cm³/mol. The summed E-state index contributed by atoms with van der Waals surface area (Å²) in [5, 5.41) is 3.55. The van der Waals surface area contributed by atoms with Crippen LogP contribution in [0.3, 0.4) is 0 Å². The molecule has 1 saturated carbocycles. The first-order valence-corrected chi connectivity index (χ1v) is 7.52. The van der Waals surface area contributed by atoms with Gasteiger partial charge in [-0.1, -0.05) is 0 Å². The zero-order chi connectivity index (χ0) is 12.4. The van der Waals surface area contributed by atoms with Gasteiger partial charge in [-0.15, -0.1) is 11.3 Å². The Labute approximate surface area is 111 Å². The van der Waals surface area contributed by atoms with Crippen LogP contribution >= 0.6 is 11.3 Å². The minimum atomic E-state index is 0.440. The molecule has 0 saturated heterocycles. The quantitative estimate of drug-likeness (QED) is 0.892. The van der Waals surface area contributed by atoms with Crippen molar-refractivity contribution < 1.29 is 0 Å². The van der Waals surface area contributed by atoms with Gasteiger partial charge in [0.15, 0.2) is 0 Å². The van der Waals surface area contributed by atoms with E-state index < -0.39 is 0 Å². The Morgan fingerprint density at radius 1 is 1.28 bits per heavy atom. The third-order valence-corrected chi connectivity index (χ3v) is 4.61. The third-order valence-electron chi connectivity index (χ3n) is 3.82. The number of rotatable bonds is 3. The Balaban J connectivity index is 1.59. The van der Waals surface area contributed by atoms with Gasteiger partial charge in [-0.2, -0.15) is 0 Å². The van der Waals surface area contributed by atoms with Crippen LogP contribution in [-0.4, -0.2) is 17.6 Å². The van der Waals surface area contributed by atoms with Crippen molar-refractivity contribution in [1.82, 2.24) is 4.98 Å². The van der Waals surface area contributed by atoms with E-state index in [1.807, 2.05) is 5.51 Å². The lowest BCUT2D eigenvalue weighted by Gasteiger charge is -2.26. The van der Waals surface area contributed by atoms with E-state index in [4.69, 9.17) is 5.73 Å². The molecule has 1 heterocycles. The van der Waals surface area contributed by atoms with Crippen molar-refractivity contribution in [2.75, 3.05) is 11.9 Å². The molecule has 0 atom stereocenters. The highest BCUT2D eigenvalue weighted by molar-refractivity contribution is 7.16. The van der Waals surface area contributed by atoms with Gasteiger partial charge in [-0.05, 0) is 49.8 Å². The van der Waals surface area contributed by atoms with Crippen LogP contribution in [0.4, 0.5) is 5.69 Å². The smallest absolute Gasteiger partial charge is 0.0813 e. The molecule has 1 aromatic heterocycles. The summed E-state index contributed by atoms with van der Waals surface area (Å²) in [6, 6.07) is 6.85. The van der Waals surface area contributed by atoms with Gasteiger partial charge in [0.05, 0.1) is 15.7 Å². The Morgan fingerprint density at radius 3 is 2.94 bits per heavy atom. The number of nitrogens with zero attached hydrogens (tertiary/aromatic N) is 1. The number of hydrogen-bond acceptors (Lipinski definition) is 4. The molecule has 1 aromatic carbocycles. The molecule has 3 nitrogen and oxygen atoms in total. The lowest BCUT2D eigenvalue weighted by atomic mass is 9.86. The second-order valence-electron chi connectivity index (χ2n) is 5.20. The highest BCUT2D eigenvalue weighted by Crippen LogP contribution is 2.25. The van der Waals surface area contributed by atoms with Crippen molar-refractivity contribution in [1.29, 1.82) is 0 Å². The average Bonchev–Trinajstić information content (AvgIpc) is 2.85. The summed E-state index contributed by atoms with van der Waals surface area (Å²) in [5.41, 5.74) is 10.1. The number of nitrogens with two attached hydrogens (primary N) is 1. The van der Waals surface area contributed by atoms with Crippen molar-refractivity contribution >= 4 is 27.2 Å². The van der Waals surface area contributed by atoms with Crippen LogP contribution in [0.5, 0.6) is 0 Å². The van der Waals surface area contributed by atoms with Crippen LogP contribution in [0.25, 0.3) is 10.2 Å². The second kappa shape index (κ2) is 5.24. The van der Waals surface area contributed by atoms with E-state index in [1.165, 1.54) is 36.1 Å². The average molecular weight is 261 g/mol. The molecule has 0 aliphatic heterocycles. The van der Waals surface area contributed by atoms with Crippen LogP contribution in [0.1, 0.15) is 25.7 Å². The molecule has 0 spiro atoms. The molecule has 96 valence electrons. The molecule has 1 fully saturated rings. The number of fused-ring (bicyclic) bond motifs is 1. The molecule has 1 aliphatic carbocycles. The van der Waals surface area contributed by atoms with Crippen LogP contribution < -0.4 is 11.1 Å². The summed E-state index contributed by atoms with van der Waals surface area (Å²) < 4.78 is 1.26. The number of nitrogens with one attached hydrogen (secondary N) is 1. The van der Waals surface area contributed by atoms with E-state index in [9.17, 15) is 0 Å². The SMILES string of the molecule is NC1CCC(CNc2ccc3ncsc3c2)CC1. The summed E-state index contributed by atoms with van der Waals surface area (Å²) in [6.45, 7) is 1.07. The number of thiazole rings is 1. The molecule has 0 radical (unpaired) electrons. The van der Waals surface area contributed by atoms with E-state index in [1.54, 1.807) is 11.3 Å². The van der Waals surface area contributed by atoms with Gasteiger partial charge in [0.25, 0.3) is 0 Å². The zero-order valence-corrected chi connectivity index (χ0v) is 11.2. The fraction of sp³-hybridized carbons (Fsp3) is 0.500. The first kappa shape index (κ1) is 11.9. The molecule has 2 aromatic rings. The Morgan fingerprint density at radius 2 is 2.11 bits per heavy atom. The molecule has 3 N–H and O–H groups in total. The number of hydrogen-bond donors (Lipinski definition) is 2. The molecule has 4 heteroatoms. The van der Waals surface area contributed by atoms with Crippen molar-refractivity contribution in [2.45, 2.75) is 31.7 Å². The van der Waals surface area contributed by atoms with Crippen molar-refractivity contribution in [3.05, 3.63) is 23.7 Å². The normalized spacial score (nSPS) is 24.3. The minimum absolute atomic E-state index is 0.440. The molecule has 0 amide bonds. The predicted octanol–water partition coefficient (Wildman–Crippen LogP) is 3.23. The number of benzene rings is 1. The fourth-order valence-electron chi connectivity index (χ4n) is 2.62. The molecular formula is C14H19N3S. The monoisotopic (exact) mass is 261 g/mol. The molecule has 1 aliphatic rings. The van der Waals surface area contributed by atoms with Gasteiger partial charge >= 0.3 is 0 Å². The van der Waals surface area contributed by atoms with Crippen LogP contribution in [0, 0.1) is 5.92 Å². The van der Waals surface area contributed by atoms with Crippen LogP contribution in [0.2, 0.25) is 0 Å². The molecule has 0 unspecified atom stereocenters. The number of anilines is 1. The van der Waals surface area contributed by atoms with E-state index in [0.29, 0.717) is 6.04 Å². The second-order valence-corrected chi connectivity index (χ2v) is 6.08. The Kier molecular flexibility index (Phi) is 3.48. The van der Waals surface area contributed by atoms with E-state index >= 15 is 0 Å². The van der Waals surface area contributed by atoms with Gasteiger partial charge in [0.2, 0.25) is 0 Å². The Bertz CT molecular complexity index is 514. The molecule has 18 heavy (non-hydrogen) atoms. The first-order chi connectivity index (χ1) is 8.81. The van der Waals surface area contributed by atoms with Crippen molar-refractivity contribution in [2.24, 2.45) is 11.7 Å². The van der Waals surface area contributed by atoms with Gasteiger partial charge in [0.1, 0.15) is 0 Å². The first-order valence-electron chi connectivity index (χ1n) is 6.64. The Hall–Kier alpha value is -1.13.